The Morgan fingerprint density at radius 2 is 1.76 bits per heavy atom. The third kappa shape index (κ3) is 6.26. The maximum Gasteiger partial charge on any atom is 0.493 e. The van der Waals surface area contributed by atoms with Crippen LogP contribution in [0, 0.1) is 11.3 Å². The number of aromatic nitrogens is 2. The molecule has 0 spiro atoms. The van der Waals surface area contributed by atoms with Crippen molar-refractivity contribution in [3.05, 3.63) is 59.8 Å². The Labute approximate surface area is 233 Å². The van der Waals surface area contributed by atoms with Gasteiger partial charge in [-0.25, -0.2) is 9.78 Å². The van der Waals surface area contributed by atoms with Crippen LogP contribution >= 0.6 is 0 Å². The first kappa shape index (κ1) is 27.9. The largest absolute Gasteiger partial charge is 0.493 e. The van der Waals surface area contributed by atoms with Gasteiger partial charge in [0.1, 0.15) is 11.9 Å². The Hall–Kier alpha value is -4.61. The summed E-state index contributed by atoms with van der Waals surface area (Å²) in [7, 11) is 0. The second-order valence-electron chi connectivity index (χ2n) is 9.32. The number of alkyl halides is 3. The number of hydrogen-bond donors (Lipinski definition) is 2. The lowest BCUT2D eigenvalue weighted by atomic mass is 10.1. The average molecular weight is 570 g/mol. The first-order valence-electron chi connectivity index (χ1n) is 12.9. The van der Waals surface area contributed by atoms with Crippen molar-refractivity contribution >= 4 is 29.2 Å². The predicted octanol–water partition coefficient (Wildman–Crippen LogP) is 2.56. The normalized spacial score (nSPS) is 15.8. The van der Waals surface area contributed by atoms with Crippen LogP contribution in [0.25, 0.3) is 11.3 Å². The van der Waals surface area contributed by atoms with Gasteiger partial charge in [0.2, 0.25) is 0 Å². The third-order valence-electron chi connectivity index (χ3n) is 6.63. The summed E-state index contributed by atoms with van der Waals surface area (Å²) in [5.74, 6) is -2.10. The highest BCUT2D eigenvalue weighted by molar-refractivity contribution is 5.94. The molecule has 0 atom stereocenters. The number of halogens is 3. The number of benzene rings is 1. The van der Waals surface area contributed by atoms with Crippen LogP contribution in [0.15, 0.2) is 48.7 Å². The van der Waals surface area contributed by atoms with E-state index in [0.717, 1.165) is 4.73 Å². The van der Waals surface area contributed by atoms with Crippen molar-refractivity contribution in [2.75, 3.05) is 62.7 Å². The molecule has 2 fully saturated rings. The minimum absolute atomic E-state index is 0.0590. The van der Waals surface area contributed by atoms with E-state index in [9.17, 15) is 28.0 Å². The predicted molar refractivity (Wildman–Crippen MR) is 142 cm³/mol. The maximum absolute atomic E-state index is 13.2. The number of morpholine rings is 1. The van der Waals surface area contributed by atoms with Crippen LogP contribution in [0.4, 0.5) is 30.5 Å². The first-order valence-corrected chi connectivity index (χ1v) is 12.9. The molecule has 2 aromatic heterocycles. The zero-order valence-electron chi connectivity index (χ0n) is 21.8. The molecule has 0 bridgehead atoms. The molecular formula is C27H26F3N7O4. The number of nitrogens with one attached hydrogen (secondary N) is 2. The lowest BCUT2D eigenvalue weighted by Gasteiger charge is -2.30. The molecule has 14 heteroatoms. The standard InChI is InChI=1S/C27H26F3N7O4/c28-27(29,30)26(39)41-37-22(15-20(17-31)24(37)35-9-7-32-8-10-35)19-5-6-33-23(16-19)34-21-3-1-18(2-4-21)25(38)36-11-13-40-14-12-36/h1-6,15-16,32H,7-14H2,(H,33,34). The van der Waals surface area contributed by atoms with Crippen LogP contribution < -0.4 is 20.4 Å². The van der Waals surface area contributed by atoms with Crippen LogP contribution in [0.2, 0.25) is 0 Å². The van der Waals surface area contributed by atoms with Gasteiger partial charge in [-0.3, -0.25) is 4.79 Å². The Kier molecular flexibility index (Phi) is 8.09. The molecule has 1 aromatic carbocycles. The average Bonchev–Trinajstić information content (AvgIpc) is 3.36. The molecule has 2 N–H and O–H groups in total. The van der Waals surface area contributed by atoms with Crippen LogP contribution in [-0.4, -0.2) is 85.1 Å². The van der Waals surface area contributed by atoms with Crippen molar-refractivity contribution in [1.82, 2.24) is 19.9 Å². The van der Waals surface area contributed by atoms with E-state index < -0.39 is 12.1 Å². The summed E-state index contributed by atoms with van der Waals surface area (Å²) in [6, 6.07) is 13.3. The maximum atomic E-state index is 13.2. The van der Waals surface area contributed by atoms with E-state index in [2.05, 4.69) is 15.6 Å². The van der Waals surface area contributed by atoms with Crippen molar-refractivity contribution in [1.29, 1.82) is 5.26 Å². The smallest absolute Gasteiger partial charge is 0.378 e. The van der Waals surface area contributed by atoms with Crippen LogP contribution in [-0.2, 0) is 9.53 Å². The van der Waals surface area contributed by atoms with Crippen LogP contribution in [0.3, 0.4) is 0 Å². The fraction of sp³-hybridized carbons (Fsp3) is 0.333. The summed E-state index contributed by atoms with van der Waals surface area (Å²) in [5, 5.41) is 16.0. The molecule has 0 unspecified atom stereocenters. The molecule has 0 aliphatic carbocycles. The van der Waals surface area contributed by atoms with Gasteiger partial charge in [-0.2, -0.15) is 23.2 Å². The van der Waals surface area contributed by atoms with E-state index >= 15 is 0 Å². The highest BCUT2D eigenvalue weighted by atomic mass is 19.4. The number of carbonyl (C=O) groups is 2. The molecule has 1 amide bonds. The second-order valence-corrected chi connectivity index (χ2v) is 9.32. The monoisotopic (exact) mass is 569 g/mol. The number of hydrogen-bond acceptors (Lipinski definition) is 9. The number of nitrogens with zero attached hydrogens (tertiary/aromatic N) is 5. The van der Waals surface area contributed by atoms with Gasteiger partial charge in [0.05, 0.1) is 24.5 Å². The second kappa shape index (κ2) is 11.9. The molecule has 41 heavy (non-hydrogen) atoms. The fourth-order valence-corrected chi connectivity index (χ4v) is 4.62. The number of ether oxygens (including phenoxy) is 1. The highest BCUT2D eigenvalue weighted by Gasteiger charge is 2.43. The molecule has 2 saturated heterocycles. The summed E-state index contributed by atoms with van der Waals surface area (Å²) < 4.78 is 45.6. The van der Waals surface area contributed by atoms with Gasteiger partial charge >= 0.3 is 12.1 Å². The number of piperazine rings is 1. The number of pyridine rings is 1. The zero-order chi connectivity index (χ0) is 29.0. The Bertz CT molecular complexity index is 1460. The molecule has 214 valence electrons. The number of nitriles is 1. The number of amides is 1. The zero-order valence-corrected chi connectivity index (χ0v) is 21.8. The van der Waals surface area contributed by atoms with Gasteiger partial charge < -0.3 is 30.0 Å². The topological polar surface area (TPSA) is 125 Å². The van der Waals surface area contributed by atoms with E-state index in [1.54, 1.807) is 40.1 Å². The van der Waals surface area contributed by atoms with Gasteiger partial charge in [0.15, 0.2) is 5.82 Å². The van der Waals surface area contributed by atoms with E-state index in [-0.39, 0.29) is 23.0 Å². The summed E-state index contributed by atoms with van der Waals surface area (Å²) in [6.45, 7) is 3.93. The van der Waals surface area contributed by atoms with E-state index in [4.69, 9.17) is 9.57 Å². The molecule has 0 saturated carbocycles. The van der Waals surface area contributed by atoms with E-state index in [1.165, 1.54) is 18.3 Å². The highest BCUT2D eigenvalue weighted by Crippen LogP contribution is 2.33. The quantitative estimate of drug-likeness (QED) is 0.461. The van der Waals surface area contributed by atoms with Crippen LogP contribution in [0.1, 0.15) is 15.9 Å². The lowest BCUT2D eigenvalue weighted by Crippen LogP contribution is -2.45. The van der Waals surface area contributed by atoms with Crippen molar-refractivity contribution in [3.63, 3.8) is 0 Å². The fourth-order valence-electron chi connectivity index (χ4n) is 4.62. The lowest BCUT2D eigenvalue weighted by molar-refractivity contribution is -0.199. The molecule has 5 rings (SSSR count). The van der Waals surface area contributed by atoms with Gasteiger partial charge in [-0.1, -0.05) is 0 Å². The minimum Gasteiger partial charge on any atom is -0.378 e. The van der Waals surface area contributed by atoms with Crippen molar-refractivity contribution < 1.29 is 32.3 Å². The van der Waals surface area contributed by atoms with E-state index in [0.29, 0.717) is 75.1 Å². The molecule has 2 aliphatic rings. The minimum atomic E-state index is -5.24. The summed E-state index contributed by atoms with van der Waals surface area (Å²) >= 11 is 0. The van der Waals surface area contributed by atoms with Crippen LogP contribution in [0.5, 0.6) is 0 Å². The Morgan fingerprint density at radius 1 is 1.05 bits per heavy atom. The number of carbonyl (C=O) groups excluding carboxylic acids is 2. The molecule has 3 aromatic rings. The first-order chi connectivity index (χ1) is 19.7. The summed E-state index contributed by atoms with van der Waals surface area (Å²) in [4.78, 5) is 37.1. The molecule has 11 nitrogen and oxygen atoms in total. The Balaban J connectivity index is 1.43. The molecule has 4 heterocycles. The summed E-state index contributed by atoms with van der Waals surface area (Å²) in [5.41, 5.74) is 1.63. The SMILES string of the molecule is N#Cc1cc(-c2ccnc(Nc3ccc(C(=O)N4CCOCC4)cc3)c2)n(OC(=O)C(F)(F)F)c1N1CCNCC1. The van der Waals surface area contributed by atoms with Gasteiger partial charge in [-0.05, 0) is 42.5 Å². The van der Waals surface area contributed by atoms with Crippen molar-refractivity contribution in [2.45, 2.75) is 6.18 Å². The van der Waals surface area contributed by atoms with Gasteiger partial charge in [-0.15, -0.1) is 0 Å². The molecule has 2 aliphatic heterocycles. The van der Waals surface area contributed by atoms with Crippen molar-refractivity contribution in [3.8, 4) is 17.3 Å². The Morgan fingerprint density at radius 3 is 2.41 bits per heavy atom. The summed E-state index contributed by atoms with van der Waals surface area (Å²) in [6.07, 6.45) is -3.80. The third-order valence-corrected chi connectivity index (χ3v) is 6.63. The number of anilines is 3. The van der Waals surface area contributed by atoms with Gasteiger partial charge in [0, 0.05) is 62.3 Å². The molecular weight excluding hydrogens is 543 g/mol. The number of rotatable bonds is 6. The van der Waals surface area contributed by atoms with Gasteiger partial charge in [0.25, 0.3) is 5.91 Å². The van der Waals surface area contributed by atoms with Crippen molar-refractivity contribution in [2.24, 2.45) is 0 Å². The molecule has 0 radical (unpaired) electrons. The van der Waals surface area contributed by atoms with E-state index in [1.807, 2.05) is 6.07 Å².